The van der Waals surface area contributed by atoms with Gasteiger partial charge in [0.1, 0.15) is 4.90 Å². The van der Waals surface area contributed by atoms with Crippen molar-refractivity contribution in [1.82, 2.24) is 0 Å². The van der Waals surface area contributed by atoms with Crippen molar-refractivity contribution in [3.63, 3.8) is 0 Å². The topological polar surface area (TPSA) is 57.6 Å². The van der Waals surface area contributed by atoms with Gasteiger partial charge in [-0.25, -0.2) is 8.42 Å². The molecule has 1 aromatic carbocycles. The zero-order valence-electron chi connectivity index (χ0n) is 10.7. The second-order valence-corrected chi connectivity index (χ2v) is 7.12. The van der Waals surface area contributed by atoms with Gasteiger partial charge in [-0.15, -0.1) is 11.3 Å². The first-order valence-corrected chi connectivity index (χ1v) is 8.01. The van der Waals surface area contributed by atoms with E-state index in [9.17, 15) is 13.5 Å². The van der Waals surface area contributed by atoms with Crippen molar-refractivity contribution in [2.75, 3.05) is 11.4 Å². The molecular formula is C13H15NO3S2. The fraction of sp³-hybridized carbons (Fsp3) is 0.231. The average Bonchev–Trinajstić information content (AvgIpc) is 2.86. The van der Waals surface area contributed by atoms with E-state index in [4.69, 9.17) is 0 Å². The van der Waals surface area contributed by atoms with Crippen LogP contribution in [0.1, 0.15) is 10.4 Å². The third-order valence-electron chi connectivity index (χ3n) is 2.85. The van der Waals surface area contributed by atoms with E-state index in [1.165, 1.54) is 28.8 Å². The first kappa shape index (κ1) is 14.0. The standard InChI is InChI=1S/C13H15NO3S2/c1-10-4-3-5-11(8-10)14(2)19(16,17)13-6-7-18-12(13)9-15/h3-8,15H,9H2,1-2H3. The van der Waals surface area contributed by atoms with Gasteiger partial charge in [0.05, 0.1) is 17.2 Å². The summed E-state index contributed by atoms with van der Waals surface area (Å²) in [6.07, 6.45) is 0. The number of sulfonamides is 1. The Morgan fingerprint density at radius 2 is 2.05 bits per heavy atom. The van der Waals surface area contributed by atoms with Crippen molar-refractivity contribution in [2.24, 2.45) is 0 Å². The van der Waals surface area contributed by atoms with Crippen LogP contribution in [-0.2, 0) is 16.6 Å². The molecule has 2 rings (SSSR count). The molecule has 0 unspecified atom stereocenters. The second-order valence-electron chi connectivity index (χ2n) is 4.18. The normalized spacial score (nSPS) is 11.5. The average molecular weight is 297 g/mol. The van der Waals surface area contributed by atoms with Crippen LogP contribution in [0.2, 0.25) is 0 Å². The Labute approximate surface area is 117 Å². The van der Waals surface area contributed by atoms with E-state index in [1.807, 2.05) is 25.1 Å². The van der Waals surface area contributed by atoms with Crippen molar-refractivity contribution < 1.29 is 13.5 Å². The van der Waals surface area contributed by atoms with Crippen LogP contribution in [0.25, 0.3) is 0 Å². The summed E-state index contributed by atoms with van der Waals surface area (Å²) in [7, 11) is -2.11. The lowest BCUT2D eigenvalue weighted by atomic mass is 10.2. The first-order chi connectivity index (χ1) is 8.96. The number of aliphatic hydroxyl groups excluding tert-OH is 1. The highest BCUT2D eigenvalue weighted by atomic mass is 32.2. The van der Waals surface area contributed by atoms with E-state index in [-0.39, 0.29) is 11.5 Å². The van der Waals surface area contributed by atoms with E-state index in [1.54, 1.807) is 11.4 Å². The largest absolute Gasteiger partial charge is 0.391 e. The Hall–Kier alpha value is -1.37. The number of hydrogen-bond acceptors (Lipinski definition) is 4. The van der Waals surface area contributed by atoms with E-state index in [2.05, 4.69) is 0 Å². The molecule has 0 saturated heterocycles. The highest BCUT2D eigenvalue weighted by Crippen LogP contribution is 2.28. The van der Waals surface area contributed by atoms with Crippen LogP contribution in [0, 0.1) is 6.92 Å². The molecule has 0 aliphatic rings. The van der Waals surface area contributed by atoms with E-state index >= 15 is 0 Å². The van der Waals surface area contributed by atoms with E-state index in [0.717, 1.165) is 5.56 Å². The second kappa shape index (κ2) is 5.32. The highest BCUT2D eigenvalue weighted by molar-refractivity contribution is 7.93. The van der Waals surface area contributed by atoms with E-state index in [0.29, 0.717) is 10.6 Å². The summed E-state index contributed by atoms with van der Waals surface area (Å²) in [5, 5.41) is 10.9. The predicted octanol–water partition coefficient (Wildman–Crippen LogP) is 2.37. The van der Waals surface area contributed by atoms with Crippen molar-refractivity contribution >= 4 is 27.0 Å². The van der Waals surface area contributed by atoms with Crippen molar-refractivity contribution in [3.05, 3.63) is 46.2 Å². The Balaban J connectivity index is 2.45. The fourth-order valence-electron chi connectivity index (χ4n) is 1.78. The molecule has 1 heterocycles. The molecule has 6 heteroatoms. The summed E-state index contributed by atoms with van der Waals surface area (Å²) in [4.78, 5) is 0.628. The minimum absolute atomic E-state index is 0.170. The van der Waals surface area contributed by atoms with Gasteiger partial charge in [-0.2, -0.15) is 0 Å². The predicted molar refractivity (Wildman–Crippen MR) is 77.0 cm³/mol. The molecule has 102 valence electrons. The molecule has 0 aliphatic heterocycles. The summed E-state index contributed by atoms with van der Waals surface area (Å²) < 4.78 is 26.2. The number of anilines is 1. The van der Waals surface area contributed by atoms with Crippen molar-refractivity contribution in [1.29, 1.82) is 0 Å². The Morgan fingerprint density at radius 1 is 1.32 bits per heavy atom. The van der Waals surface area contributed by atoms with Crippen LogP contribution in [0.4, 0.5) is 5.69 Å². The third kappa shape index (κ3) is 2.65. The van der Waals surface area contributed by atoms with Gasteiger partial charge in [0.2, 0.25) is 0 Å². The number of thiophene rings is 1. The third-order valence-corrected chi connectivity index (χ3v) is 5.76. The van der Waals surface area contributed by atoms with Crippen LogP contribution in [0.3, 0.4) is 0 Å². The van der Waals surface area contributed by atoms with Gasteiger partial charge < -0.3 is 5.11 Å². The number of nitrogens with zero attached hydrogens (tertiary/aromatic N) is 1. The van der Waals surface area contributed by atoms with Gasteiger partial charge in [0.15, 0.2) is 0 Å². The van der Waals surface area contributed by atoms with Gasteiger partial charge in [-0.3, -0.25) is 4.31 Å². The Kier molecular flexibility index (Phi) is 3.93. The lowest BCUT2D eigenvalue weighted by molar-refractivity contribution is 0.282. The first-order valence-electron chi connectivity index (χ1n) is 5.69. The van der Waals surface area contributed by atoms with Crippen LogP contribution < -0.4 is 4.31 Å². The van der Waals surface area contributed by atoms with Crippen molar-refractivity contribution in [3.8, 4) is 0 Å². The molecule has 0 atom stereocenters. The van der Waals surface area contributed by atoms with Gasteiger partial charge in [-0.05, 0) is 36.1 Å². The van der Waals surface area contributed by atoms with Gasteiger partial charge in [0, 0.05) is 7.05 Å². The SMILES string of the molecule is Cc1cccc(N(C)S(=O)(=O)c2ccsc2CO)c1. The quantitative estimate of drug-likeness (QED) is 0.942. The molecule has 0 fully saturated rings. The number of benzene rings is 1. The zero-order valence-corrected chi connectivity index (χ0v) is 12.3. The lowest BCUT2D eigenvalue weighted by Gasteiger charge is -2.19. The minimum atomic E-state index is -3.62. The Morgan fingerprint density at radius 3 is 2.68 bits per heavy atom. The van der Waals surface area contributed by atoms with Crippen LogP contribution >= 0.6 is 11.3 Å². The molecule has 1 N–H and O–H groups in total. The van der Waals surface area contributed by atoms with E-state index < -0.39 is 10.0 Å². The monoisotopic (exact) mass is 297 g/mol. The van der Waals surface area contributed by atoms with Crippen LogP contribution in [0.15, 0.2) is 40.6 Å². The smallest absolute Gasteiger partial charge is 0.265 e. The molecule has 2 aromatic rings. The number of hydrogen-bond donors (Lipinski definition) is 1. The molecule has 4 nitrogen and oxygen atoms in total. The van der Waals surface area contributed by atoms with Crippen LogP contribution in [-0.4, -0.2) is 20.6 Å². The molecule has 0 spiro atoms. The van der Waals surface area contributed by atoms with Crippen molar-refractivity contribution in [2.45, 2.75) is 18.4 Å². The molecule has 0 aliphatic carbocycles. The maximum atomic E-state index is 12.5. The molecule has 0 amide bonds. The fourth-order valence-corrected chi connectivity index (χ4v) is 4.24. The minimum Gasteiger partial charge on any atom is -0.391 e. The molecule has 1 aromatic heterocycles. The summed E-state index contributed by atoms with van der Waals surface area (Å²) in [5.74, 6) is 0. The molecule has 0 radical (unpaired) electrons. The maximum Gasteiger partial charge on any atom is 0.265 e. The number of rotatable bonds is 4. The summed E-state index contributed by atoms with van der Waals surface area (Å²) >= 11 is 1.24. The lowest BCUT2D eigenvalue weighted by Crippen LogP contribution is -2.26. The van der Waals surface area contributed by atoms with Crippen LogP contribution in [0.5, 0.6) is 0 Å². The summed E-state index contributed by atoms with van der Waals surface area (Å²) in [6.45, 7) is 1.64. The number of aryl methyl sites for hydroxylation is 1. The Bertz CT molecular complexity index is 677. The zero-order chi connectivity index (χ0) is 14.0. The molecule has 19 heavy (non-hydrogen) atoms. The molecule has 0 bridgehead atoms. The molecule has 0 saturated carbocycles. The summed E-state index contributed by atoms with van der Waals surface area (Å²) in [6, 6.07) is 8.81. The maximum absolute atomic E-state index is 12.5. The van der Waals surface area contributed by atoms with Gasteiger partial charge in [-0.1, -0.05) is 12.1 Å². The van der Waals surface area contributed by atoms with Gasteiger partial charge >= 0.3 is 0 Å². The number of aliphatic hydroxyl groups is 1. The van der Waals surface area contributed by atoms with Gasteiger partial charge in [0.25, 0.3) is 10.0 Å². The molecular weight excluding hydrogens is 282 g/mol. The highest BCUT2D eigenvalue weighted by Gasteiger charge is 2.25. The summed E-state index contributed by atoms with van der Waals surface area (Å²) in [5.41, 5.74) is 1.60.